The molecule has 0 bridgehead atoms. The molecule has 0 amide bonds. The van der Waals surface area contributed by atoms with Gasteiger partial charge in [0.2, 0.25) is 0 Å². The maximum Gasteiger partial charge on any atom is 0.343 e. The Balaban J connectivity index is 1.51. The third-order valence-electron chi connectivity index (χ3n) is 5.94. The lowest BCUT2D eigenvalue weighted by molar-refractivity contribution is 0.0728. The average Bonchev–Trinajstić information content (AvgIpc) is 2.94. The summed E-state index contributed by atoms with van der Waals surface area (Å²) in [6.07, 6.45) is 1.53. The molecule has 0 saturated heterocycles. The fraction of sp³-hybridized carbons (Fsp3) is 0.0968. The van der Waals surface area contributed by atoms with Gasteiger partial charge in [-0.15, -0.1) is 0 Å². The normalized spacial score (nSPS) is 11.2. The molecule has 0 radical (unpaired) electrons. The first kappa shape index (κ1) is 25.9. The number of hydrogen-bond acceptors (Lipinski definition) is 6. The molecule has 39 heavy (non-hydrogen) atoms. The van der Waals surface area contributed by atoms with Gasteiger partial charge in [0.05, 0.1) is 29.3 Å². The number of esters is 1. The lowest BCUT2D eigenvalue weighted by Crippen LogP contribution is -2.20. The highest BCUT2D eigenvalue weighted by Gasteiger charge is 2.15. The second-order valence-corrected chi connectivity index (χ2v) is 9.15. The third-order valence-corrected chi connectivity index (χ3v) is 6.19. The first-order chi connectivity index (χ1) is 18.9. The van der Waals surface area contributed by atoms with Crippen molar-refractivity contribution >= 4 is 34.7 Å². The van der Waals surface area contributed by atoms with Crippen molar-refractivity contribution < 1.29 is 14.3 Å². The number of rotatable bonds is 7. The minimum atomic E-state index is -0.487. The summed E-state index contributed by atoms with van der Waals surface area (Å²) in [6.45, 7) is 4.15. The SMILES string of the molecule is CCOc1cc(C=Nn2c(-c3ccc(Cl)cc3)nc3ccccc3c2=O)ccc1OC(=O)c1ccc(C)cc1. The molecular formula is C31H24ClN3O4. The van der Waals surface area contributed by atoms with E-state index < -0.39 is 5.97 Å². The van der Waals surface area contributed by atoms with Crippen LogP contribution in [0.2, 0.25) is 5.02 Å². The molecule has 0 spiro atoms. The molecule has 194 valence electrons. The monoisotopic (exact) mass is 537 g/mol. The highest BCUT2D eigenvalue weighted by atomic mass is 35.5. The molecule has 0 aliphatic carbocycles. The Kier molecular flexibility index (Phi) is 7.52. The van der Waals surface area contributed by atoms with Crippen LogP contribution in [0.4, 0.5) is 0 Å². The van der Waals surface area contributed by atoms with Gasteiger partial charge in [0.15, 0.2) is 17.3 Å². The van der Waals surface area contributed by atoms with Crippen LogP contribution in [-0.4, -0.2) is 28.5 Å². The van der Waals surface area contributed by atoms with E-state index in [1.54, 1.807) is 72.8 Å². The fourth-order valence-corrected chi connectivity index (χ4v) is 4.07. The number of hydrogen-bond donors (Lipinski definition) is 0. The average molecular weight is 538 g/mol. The zero-order valence-electron chi connectivity index (χ0n) is 21.3. The first-order valence-electron chi connectivity index (χ1n) is 12.3. The van der Waals surface area contributed by atoms with E-state index in [0.29, 0.717) is 50.8 Å². The molecule has 1 heterocycles. The topological polar surface area (TPSA) is 82.8 Å². The maximum atomic E-state index is 13.4. The predicted molar refractivity (Wildman–Crippen MR) is 153 cm³/mol. The van der Waals surface area contributed by atoms with Crippen LogP contribution >= 0.6 is 11.6 Å². The Bertz CT molecular complexity index is 1740. The molecule has 7 nitrogen and oxygen atoms in total. The Morgan fingerprint density at radius 1 is 0.974 bits per heavy atom. The second-order valence-electron chi connectivity index (χ2n) is 8.72. The number of carbonyl (C=O) groups excluding carboxylic acids is 1. The summed E-state index contributed by atoms with van der Waals surface area (Å²) in [6, 6.07) is 26.4. The summed E-state index contributed by atoms with van der Waals surface area (Å²) in [5.74, 6) is 0.550. The van der Waals surface area contributed by atoms with Crippen molar-refractivity contribution in [2.75, 3.05) is 6.61 Å². The van der Waals surface area contributed by atoms with Crippen molar-refractivity contribution in [1.82, 2.24) is 9.66 Å². The number of ether oxygens (including phenoxy) is 2. The van der Waals surface area contributed by atoms with Crippen LogP contribution in [0.1, 0.15) is 28.4 Å². The molecule has 0 saturated carbocycles. The van der Waals surface area contributed by atoms with Gasteiger partial charge in [0, 0.05) is 10.6 Å². The van der Waals surface area contributed by atoms with E-state index in [1.165, 1.54) is 10.9 Å². The lowest BCUT2D eigenvalue weighted by Gasteiger charge is -2.12. The lowest BCUT2D eigenvalue weighted by atomic mass is 10.1. The van der Waals surface area contributed by atoms with E-state index >= 15 is 0 Å². The van der Waals surface area contributed by atoms with E-state index in [2.05, 4.69) is 5.10 Å². The minimum Gasteiger partial charge on any atom is -0.490 e. The summed E-state index contributed by atoms with van der Waals surface area (Å²) in [5, 5.41) is 5.51. The number of fused-ring (bicyclic) bond motifs is 1. The van der Waals surface area contributed by atoms with Gasteiger partial charge in [0.1, 0.15) is 0 Å². The van der Waals surface area contributed by atoms with Gasteiger partial charge in [-0.1, -0.05) is 41.4 Å². The van der Waals surface area contributed by atoms with Crippen LogP contribution in [0.5, 0.6) is 11.5 Å². The number of nitrogens with zero attached hydrogens (tertiary/aromatic N) is 3. The van der Waals surface area contributed by atoms with Crippen LogP contribution in [0, 0.1) is 6.92 Å². The van der Waals surface area contributed by atoms with E-state index in [1.807, 2.05) is 32.0 Å². The number of carbonyl (C=O) groups is 1. The van der Waals surface area contributed by atoms with E-state index in [4.69, 9.17) is 26.1 Å². The van der Waals surface area contributed by atoms with E-state index in [0.717, 1.165) is 5.56 Å². The molecule has 1 aromatic heterocycles. The van der Waals surface area contributed by atoms with Crippen molar-refractivity contribution in [3.8, 4) is 22.9 Å². The van der Waals surface area contributed by atoms with Gasteiger partial charge >= 0.3 is 5.97 Å². The fourth-order valence-electron chi connectivity index (χ4n) is 3.95. The Hall–Kier alpha value is -4.75. The highest BCUT2D eigenvalue weighted by Crippen LogP contribution is 2.29. The Labute approximate surface area is 229 Å². The Morgan fingerprint density at radius 2 is 1.72 bits per heavy atom. The van der Waals surface area contributed by atoms with Crippen molar-refractivity contribution in [1.29, 1.82) is 0 Å². The molecular weight excluding hydrogens is 514 g/mol. The van der Waals surface area contributed by atoms with Gasteiger partial charge < -0.3 is 9.47 Å². The molecule has 8 heteroatoms. The molecule has 4 aromatic carbocycles. The molecule has 0 atom stereocenters. The molecule has 5 aromatic rings. The van der Waals surface area contributed by atoms with Crippen molar-refractivity contribution in [3.05, 3.63) is 123 Å². The number of benzene rings is 4. The predicted octanol–water partition coefficient (Wildman–Crippen LogP) is 6.53. The van der Waals surface area contributed by atoms with Gasteiger partial charge in [-0.2, -0.15) is 9.78 Å². The van der Waals surface area contributed by atoms with Gasteiger partial charge in [0.25, 0.3) is 5.56 Å². The molecule has 0 unspecified atom stereocenters. The number of aryl methyl sites for hydroxylation is 1. The summed E-state index contributed by atoms with van der Waals surface area (Å²) in [7, 11) is 0. The summed E-state index contributed by atoms with van der Waals surface area (Å²) >= 11 is 6.07. The van der Waals surface area contributed by atoms with Crippen LogP contribution in [-0.2, 0) is 0 Å². The molecule has 0 N–H and O–H groups in total. The zero-order chi connectivity index (χ0) is 27.4. The second kappa shape index (κ2) is 11.3. The van der Waals surface area contributed by atoms with Crippen molar-refractivity contribution in [2.45, 2.75) is 13.8 Å². The minimum absolute atomic E-state index is 0.283. The third kappa shape index (κ3) is 5.73. The van der Waals surface area contributed by atoms with Crippen LogP contribution < -0.4 is 15.0 Å². The van der Waals surface area contributed by atoms with Gasteiger partial charge in [-0.05, 0) is 86.1 Å². The van der Waals surface area contributed by atoms with Crippen LogP contribution in [0.25, 0.3) is 22.3 Å². The summed E-state index contributed by atoms with van der Waals surface area (Å²) in [5.41, 5.74) is 3.06. The van der Waals surface area contributed by atoms with E-state index in [9.17, 15) is 9.59 Å². The quantitative estimate of drug-likeness (QED) is 0.134. The largest absolute Gasteiger partial charge is 0.490 e. The van der Waals surface area contributed by atoms with Crippen molar-refractivity contribution in [2.24, 2.45) is 5.10 Å². The van der Waals surface area contributed by atoms with Gasteiger partial charge in [-0.3, -0.25) is 4.79 Å². The number of halogens is 1. The first-order valence-corrected chi connectivity index (χ1v) is 12.7. The molecule has 0 aliphatic heterocycles. The standard InChI is InChI=1S/C31H24ClN3O4/c1-3-38-28-18-21(10-17-27(28)39-31(37)23-11-8-20(2)9-12-23)19-33-35-29(22-13-15-24(32)16-14-22)34-26-7-5-4-6-25(26)30(35)36/h4-19H,3H2,1-2H3. The van der Waals surface area contributed by atoms with Gasteiger partial charge in [-0.25, -0.2) is 9.78 Å². The maximum absolute atomic E-state index is 13.4. The van der Waals surface area contributed by atoms with Crippen LogP contribution in [0.3, 0.4) is 0 Å². The van der Waals surface area contributed by atoms with Crippen LogP contribution in [0.15, 0.2) is 101 Å². The van der Waals surface area contributed by atoms with Crippen molar-refractivity contribution in [3.63, 3.8) is 0 Å². The van der Waals surface area contributed by atoms with E-state index in [-0.39, 0.29) is 11.3 Å². The smallest absolute Gasteiger partial charge is 0.343 e. The summed E-state index contributed by atoms with van der Waals surface area (Å²) in [4.78, 5) is 30.8. The zero-order valence-corrected chi connectivity index (χ0v) is 22.1. The molecule has 5 rings (SSSR count). The number of para-hydroxylation sites is 1. The molecule has 0 aliphatic rings. The number of aromatic nitrogens is 2. The Morgan fingerprint density at radius 3 is 2.46 bits per heavy atom. The molecule has 0 fully saturated rings. The summed E-state index contributed by atoms with van der Waals surface area (Å²) < 4.78 is 12.6. The highest BCUT2D eigenvalue weighted by molar-refractivity contribution is 6.30.